The number of carbonyl (C=O) groups excluding carboxylic acids is 3. The first-order valence-electron chi connectivity index (χ1n) is 5.79. The van der Waals surface area contributed by atoms with Crippen LogP contribution in [0.2, 0.25) is 0 Å². The largest absolute Gasteiger partial charge is 0.300 e. The van der Waals surface area contributed by atoms with E-state index in [1.165, 1.54) is 13.8 Å². The molecule has 0 aromatic heterocycles. The van der Waals surface area contributed by atoms with Gasteiger partial charge in [-0.1, -0.05) is 20.8 Å². The molecule has 0 fully saturated rings. The van der Waals surface area contributed by atoms with Crippen molar-refractivity contribution in [2.24, 2.45) is 0 Å². The van der Waals surface area contributed by atoms with Crippen LogP contribution in [0.3, 0.4) is 0 Å². The van der Waals surface area contributed by atoms with Gasteiger partial charge in [0.05, 0.1) is 0 Å². The number of rotatable bonds is 4. The summed E-state index contributed by atoms with van der Waals surface area (Å²) < 4.78 is 0. The molecule has 0 amide bonds. The summed E-state index contributed by atoms with van der Waals surface area (Å²) >= 11 is 0. The Labute approximate surface area is 99.6 Å². The molecule has 0 aliphatic heterocycles. The first-order chi connectivity index (χ1) is 7.31. The van der Waals surface area contributed by atoms with E-state index in [9.17, 15) is 14.4 Å². The zero-order chi connectivity index (χ0) is 13.6. The minimum atomic E-state index is 0.167. The third-order valence-corrected chi connectivity index (χ3v) is 1.42. The van der Waals surface area contributed by atoms with Gasteiger partial charge in [0.1, 0.15) is 17.3 Å². The molecule has 0 atom stereocenters. The van der Waals surface area contributed by atoms with Gasteiger partial charge in [0.15, 0.2) is 0 Å². The lowest BCUT2D eigenvalue weighted by atomic mass is 10.2. The maximum absolute atomic E-state index is 10.4. The molecular weight excluding hydrogens is 204 g/mol. The molecule has 3 heteroatoms. The van der Waals surface area contributed by atoms with Crippen LogP contribution in [0.1, 0.15) is 67.2 Å². The predicted molar refractivity (Wildman–Crippen MR) is 67.5 cm³/mol. The quantitative estimate of drug-likeness (QED) is 0.744. The number of hydrogen-bond donors (Lipinski definition) is 0. The van der Waals surface area contributed by atoms with Gasteiger partial charge in [-0.15, -0.1) is 0 Å². The van der Waals surface area contributed by atoms with Crippen molar-refractivity contribution in [2.45, 2.75) is 67.2 Å². The Hall–Kier alpha value is -0.990. The van der Waals surface area contributed by atoms with Crippen molar-refractivity contribution in [3.05, 3.63) is 0 Å². The molecule has 0 heterocycles. The van der Waals surface area contributed by atoms with Crippen LogP contribution in [0, 0.1) is 0 Å². The minimum Gasteiger partial charge on any atom is -0.300 e. The summed E-state index contributed by atoms with van der Waals surface area (Å²) in [4.78, 5) is 29.7. The molecule has 0 unspecified atom stereocenters. The molecule has 0 aliphatic rings. The molecule has 0 radical (unpaired) electrons. The molecule has 0 N–H and O–H groups in total. The molecule has 0 saturated heterocycles. The maximum atomic E-state index is 10.4. The first kappa shape index (κ1) is 20.4. The average Bonchev–Trinajstić information content (AvgIpc) is 2.18. The van der Waals surface area contributed by atoms with Crippen LogP contribution < -0.4 is 0 Å². The van der Waals surface area contributed by atoms with Crippen molar-refractivity contribution in [1.82, 2.24) is 0 Å². The number of ketones is 3. The van der Waals surface area contributed by atoms with Crippen LogP contribution in [-0.4, -0.2) is 17.3 Å². The standard InChI is InChI=1S/C6H12O.C4H8O.C3H6O/c1-3-5-6(7)4-2;1-3-4(2)5;1-3(2)4/h3-5H2,1-2H3;3H2,1-2H3;1-2H3. The molecule has 0 bridgehead atoms. The van der Waals surface area contributed by atoms with E-state index in [1.54, 1.807) is 6.92 Å². The van der Waals surface area contributed by atoms with Crippen molar-refractivity contribution in [3.8, 4) is 0 Å². The Morgan fingerprint density at radius 1 is 0.812 bits per heavy atom. The number of hydrogen-bond acceptors (Lipinski definition) is 3. The van der Waals surface area contributed by atoms with Crippen molar-refractivity contribution < 1.29 is 14.4 Å². The van der Waals surface area contributed by atoms with E-state index in [0.717, 1.165) is 12.8 Å². The Kier molecular flexibility index (Phi) is 21.0. The zero-order valence-corrected chi connectivity index (χ0v) is 11.6. The van der Waals surface area contributed by atoms with Gasteiger partial charge in [-0.25, -0.2) is 0 Å². The van der Waals surface area contributed by atoms with E-state index in [-0.39, 0.29) is 11.6 Å². The molecule has 96 valence electrons. The average molecular weight is 230 g/mol. The molecular formula is C13H26O3. The van der Waals surface area contributed by atoms with Gasteiger partial charge >= 0.3 is 0 Å². The molecule has 0 aromatic carbocycles. The lowest BCUT2D eigenvalue weighted by molar-refractivity contribution is -0.119. The van der Waals surface area contributed by atoms with Gasteiger partial charge in [-0.05, 0) is 27.2 Å². The Morgan fingerprint density at radius 3 is 1.19 bits per heavy atom. The van der Waals surface area contributed by atoms with Crippen molar-refractivity contribution >= 4 is 17.3 Å². The van der Waals surface area contributed by atoms with Gasteiger partial charge < -0.3 is 9.59 Å². The molecule has 16 heavy (non-hydrogen) atoms. The zero-order valence-electron chi connectivity index (χ0n) is 11.6. The summed E-state index contributed by atoms with van der Waals surface area (Å²) in [6.45, 7) is 10.4. The second-order valence-electron chi connectivity index (χ2n) is 3.61. The van der Waals surface area contributed by atoms with E-state index >= 15 is 0 Å². The van der Waals surface area contributed by atoms with Crippen molar-refractivity contribution in [1.29, 1.82) is 0 Å². The molecule has 0 aromatic rings. The van der Waals surface area contributed by atoms with Crippen LogP contribution in [0.4, 0.5) is 0 Å². The predicted octanol–water partition coefficient (Wildman–Crippen LogP) is 3.35. The summed E-state index contributed by atoms with van der Waals surface area (Å²) in [5.41, 5.74) is 0. The SMILES string of the molecule is CC(C)=O.CCC(C)=O.CCCC(=O)CC. The van der Waals surface area contributed by atoms with Gasteiger partial charge in [0.2, 0.25) is 0 Å². The van der Waals surface area contributed by atoms with Crippen LogP contribution in [0.25, 0.3) is 0 Å². The third kappa shape index (κ3) is 52.0. The second-order valence-corrected chi connectivity index (χ2v) is 3.61. The van der Waals surface area contributed by atoms with Crippen LogP contribution in [0.15, 0.2) is 0 Å². The Bertz CT molecular complexity index is 191. The van der Waals surface area contributed by atoms with Crippen LogP contribution in [0.5, 0.6) is 0 Å². The summed E-state index contributed by atoms with van der Waals surface area (Å²) in [6.07, 6.45) is 3.12. The van der Waals surface area contributed by atoms with Gasteiger partial charge in [-0.3, -0.25) is 4.79 Å². The highest BCUT2D eigenvalue weighted by molar-refractivity contribution is 5.77. The maximum Gasteiger partial charge on any atom is 0.132 e. The van der Waals surface area contributed by atoms with Crippen molar-refractivity contribution in [2.75, 3.05) is 0 Å². The summed E-state index contributed by atoms with van der Waals surface area (Å²) in [6, 6.07) is 0. The summed E-state index contributed by atoms with van der Waals surface area (Å²) in [5.74, 6) is 0.799. The fraction of sp³-hybridized carbons (Fsp3) is 0.769. The van der Waals surface area contributed by atoms with E-state index in [0.29, 0.717) is 18.6 Å². The van der Waals surface area contributed by atoms with E-state index in [1.807, 2.05) is 20.8 Å². The monoisotopic (exact) mass is 230 g/mol. The first-order valence-corrected chi connectivity index (χ1v) is 5.79. The number of carbonyl (C=O) groups is 3. The van der Waals surface area contributed by atoms with Crippen LogP contribution in [-0.2, 0) is 14.4 Å². The lowest BCUT2D eigenvalue weighted by Gasteiger charge is -1.87. The minimum absolute atomic E-state index is 0.167. The van der Waals surface area contributed by atoms with Gasteiger partial charge in [0.25, 0.3) is 0 Å². The normalized spacial score (nSPS) is 7.88. The molecule has 0 rings (SSSR count). The Balaban J connectivity index is -0.000000166. The fourth-order valence-electron chi connectivity index (χ4n) is 0.456. The fourth-order valence-corrected chi connectivity index (χ4v) is 0.456. The van der Waals surface area contributed by atoms with Crippen LogP contribution >= 0.6 is 0 Å². The molecule has 0 saturated carbocycles. The van der Waals surface area contributed by atoms with Crippen molar-refractivity contribution in [3.63, 3.8) is 0 Å². The summed E-state index contributed by atoms with van der Waals surface area (Å²) in [5, 5.41) is 0. The van der Waals surface area contributed by atoms with E-state index in [4.69, 9.17) is 0 Å². The second kappa shape index (κ2) is 16.4. The van der Waals surface area contributed by atoms with E-state index < -0.39 is 0 Å². The highest BCUT2D eigenvalue weighted by Gasteiger charge is 1.91. The molecule has 0 spiro atoms. The van der Waals surface area contributed by atoms with Gasteiger partial charge in [-0.2, -0.15) is 0 Å². The smallest absolute Gasteiger partial charge is 0.132 e. The summed E-state index contributed by atoms with van der Waals surface area (Å²) in [7, 11) is 0. The number of Topliss-reactive ketones (excluding diaryl/α,β-unsaturated/α-hetero) is 3. The highest BCUT2D eigenvalue weighted by Crippen LogP contribution is 1.90. The highest BCUT2D eigenvalue weighted by atomic mass is 16.1. The van der Waals surface area contributed by atoms with E-state index in [2.05, 4.69) is 0 Å². The molecule has 3 nitrogen and oxygen atoms in total. The van der Waals surface area contributed by atoms with Gasteiger partial charge in [0, 0.05) is 19.3 Å². The molecule has 0 aliphatic carbocycles. The lowest BCUT2D eigenvalue weighted by Crippen LogP contribution is -1.91. The topological polar surface area (TPSA) is 51.2 Å². The third-order valence-electron chi connectivity index (χ3n) is 1.42. The Morgan fingerprint density at radius 2 is 1.12 bits per heavy atom.